The van der Waals surface area contributed by atoms with Crippen molar-refractivity contribution in [2.45, 2.75) is 18.9 Å². The second-order valence-electron chi connectivity index (χ2n) is 5.59. The largest absolute Gasteiger partial charge is 0.481 e. The predicted octanol–water partition coefficient (Wildman–Crippen LogP) is 0.321. The number of ether oxygens (including phenoxy) is 3. The van der Waals surface area contributed by atoms with Crippen LogP contribution < -0.4 is 14.4 Å². The van der Waals surface area contributed by atoms with Crippen molar-refractivity contribution in [3.8, 4) is 11.8 Å². The Morgan fingerprint density at radius 2 is 1.83 bits per heavy atom. The molecule has 3 rings (SSSR count). The number of methoxy groups -OCH3 is 2. The lowest BCUT2D eigenvalue weighted by Gasteiger charge is -2.34. The maximum atomic E-state index is 12.5. The summed E-state index contributed by atoms with van der Waals surface area (Å²) in [5.74, 6) is 1.41. The van der Waals surface area contributed by atoms with Gasteiger partial charge >= 0.3 is 0 Å². The number of likely N-dealkylation sites (tertiary alicyclic amines) is 1. The molecule has 0 bridgehead atoms. The summed E-state index contributed by atoms with van der Waals surface area (Å²) < 4.78 is 16.0. The third-order valence-corrected chi connectivity index (χ3v) is 4.13. The van der Waals surface area contributed by atoms with E-state index >= 15 is 0 Å². The van der Waals surface area contributed by atoms with Crippen LogP contribution >= 0.6 is 0 Å². The summed E-state index contributed by atoms with van der Waals surface area (Å²) in [5, 5.41) is 0. The lowest BCUT2D eigenvalue weighted by molar-refractivity contribution is -0.143. The first-order chi connectivity index (χ1) is 11.2. The first kappa shape index (κ1) is 15.8. The highest BCUT2D eigenvalue weighted by molar-refractivity contribution is 5.82. The molecule has 126 valence electrons. The molecule has 0 aromatic carbocycles. The summed E-state index contributed by atoms with van der Waals surface area (Å²) in [7, 11) is 3.09. The van der Waals surface area contributed by atoms with Gasteiger partial charge in [-0.2, -0.15) is 9.97 Å². The van der Waals surface area contributed by atoms with Crippen molar-refractivity contribution in [3.63, 3.8) is 0 Å². The Morgan fingerprint density at radius 3 is 2.43 bits per heavy atom. The Balaban J connectivity index is 1.74. The number of carbonyl (C=O) groups excluding carboxylic acids is 1. The molecule has 2 fully saturated rings. The normalized spacial score (nSPS) is 21.4. The highest BCUT2D eigenvalue weighted by Gasteiger charge is 2.32. The Bertz CT molecular complexity index is 540. The van der Waals surface area contributed by atoms with Crippen LogP contribution in [0.3, 0.4) is 0 Å². The van der Waals surface area contributed by atoms with Gasteiger partial charge in [-0.25, -0.2) is 0 Å². The van der Waals surface area contributed by atoms with E-state index in [1.165, 1.54) is 0 Å². The Morgan fingerprint density at radius 1 is 1.17 bits per heavy atom. The van der Waals surface area contributed by atoms with Crippen LogP contribution in [0, 0.1) is 0 Å². The third kappa shape index (κ3) is 3.47. The Hall–Kier alpha value is -2.09. The second kappa shape index (κ2) is 6.99. The van der Waals surface area contributed by atoms with Gasteiger partial charge in [-0.15, -0.1) is 0 Å². The van der Waals surface area contributed by atoms with Gasteiger partial charge in [0.2, 0.25) is 17.7 Å². The van der Waals surface area contributed by atoms with Crippen molar-refractivity contribution in [1.29, 1.82) is 0 Å². The Kier molecular flexibility index (Phi) is 4.80. The van der Waals surface area contributed by atoms with Crippen molar-refractivity contribution >= 4 is 11.9 Å². The molecule has 2 aliphatic rings. The fraction of sp³-hybridized carbons (Fsp3) is 0.667. The number of hydrogen-bond donors (Lipinski definition) is 0. The van der Waals surface area contributed by atoms with E-state index in [0.717, 1.165) is 25.9 Å². The van der Waals surface area contributed by atoms with Crippen molar-refractivity contribution in [1.82, 2.24) is 14.9 Å². The molecule has 1 atom stereocenters. The molecule has 0 radical (unpaired) electrons. The minimum absolute atomic E-state index is 0.0575. The number of morpholine rings is 1. The minimum atomic E-state index is -0.470. The summed E-state index contributed by atoms with van der Waals surface area (Å²) in [4.78, 5) is 25.0. The van der Waals surface area contributed by atoms with Crippen LogP contribution in [0.25, 0.3) is 0 Å². The SMILES string of the molecule is COc1cc(OC)nc(N2CCOC(C(=O)N3CCCC3)C2)n1. The predicted molar refractivity (Wildman–Crippen MR) is 82.9 cm³/mol. The number of hydrogen-bond acceptors (Lipinski definition) is 7. The molecule has 0 spiro atoms. The van der Waals surface area contributed by atoms with Gasteiger partial charge in [-0.05, 0) is 12.8 Å². The fourth-order valence-corrected chi connectivity index (χ4v) is 2.86. The van der Waals surface area contributed by atoms with E-state index in [4.69, 9.17) is 14.2 Å². The summed E-state index contributed by atoms with van der Waals surface area (Å²) >= 11 is 0. The van der Waals surface area contributed by atoms with E-state index in [2.05, 4.69) is 9.97 Å². The molecule has 0 aliphatic carbocycles. The zero-order chi connectivity index (χ0) is 16.2. The molecule has 3 heterocycles. The van der Waals surface area contributed by atoms with Gasteiger partial charge < -0.3 is 24.0 Å². The first-order valence-corrected chi connectivity index (χ1v) is 7.83. The smallest absolute Gasteiger partial charge is 0.253 e. The monoisotopic (exact) mass is 322 g/mol. The molecule has 8 heteroatoms. The molecule has 1 unspecified atom stereocenters. The van der Waals surface area contributed by atoms with Gasteiger partial charge in [0, 0.05) is 19.6 Å². The molecular weight excluding hydrogens is 300 g/mol. The quantitative estimate of drug-likeness (QED) is 0.790. The summed E-state index contributed by atoms with van der Waals surface area (Å²) in [6.45, 7) is 3.17. The maximum Gasteiger partial charge on any atom is 0.253 e. The molecule has 8 nitrogen and oxygen atoms in total. The summed E-state index contributed by atoms with van der Waals surface area (Å²) in [5.41, 5.74) is 0. The van der Waals surface area contributed by atoms with E-state index in [0.29, 0.717) is 37.4 Å². The van der Waals surface area contributed by atoms with Crippen LogP contribution in [0.2, 0.25) is 0 Å². The number of amides is 1. The minimum Gasteiger partial charge on any atom is -0.481 e. The van der Waals surface area contributed by atoms with E-state index in [1.807, 2.05) is 9.80 Å². The van der Waals surface area contributed by atoms with Crippen molar-refractivity contribution in [2.75, 3.05) is 51.9 Å². The fourth-order valence-electron chi connectivity index (χ4n) is 2.86. The molecule has 2 saturated heterocycles. The second-order valence-corrected chi connectivity index (χ2v) is 5.59. The molecule has 23 heavy (non-hydrogen) atoms. The van der Waals surface area contributed by atoms with Crippen LogP contribution in [0.4, 0.5) is 5.95 Å². The van der Waals surface area contributed by atoms with E-state index in [-0.39, 0.29) is 5.91 Å². The van der Waals surface area contributed by atoms with Crippen LogP contribution in [-0.4, -0.2) is 73.9 Å². The topological polar surface area (TPSA) is 77.0 Å². The molecule has 1 amide bonds. The number of anilines is 1. The van der Waals surface area contributed by atoms with Gasteiger partial charge in [-0.3, -0.25) is 4.79 Å². The average Bonchev–Trinajstić information content (AvgIpc) is 3.15. The highest BCUT2D eigenvalue weighted by Crippen LogP contribution is 2.22. The zero-order valence-corrected chi connectivity index (χ0v) is 13.5. The van der Waals surface area contributed by atoms with Gasteiger partial charge in [0.25, 0.3) is 5.91 Å². The van der Waals surface area contributed by atoms with E-state index in [1.54, 1.807) is 20.3 Å². The standard InChI is InChI=1S/C15H22N4O4/c1-21-12-9-13(22-2)17-15(16-12)19-7-8-23-11(10-19)14(20)18-5-3-4-6-18/h9,11H,3-8,10H2,1-2H3. The van der Waals surface area contributed by atoms with Crippen LogP contribution in [0.15, 0.2) is 6.07 Å². The van der Waals surface area contributed by atoms with Gasteiger partial charge in [-0.1, -0.05) is 0 Å². The van der Waals surface area contributed by atoms with E-state index < -0.39 is 6.10 Å². The highest BCUT2D eigenvalue weighted by atomic mass is 16.5. The van der Waals surface area contributed by atoms with Crippen LogP contribution in [0.5, 0.6) is 11.8 Å². The number of carbonyl (C=O) groups is 1. The average molecular weight is 322 g/mol. The molecule has 2 aliphatic heterocycles. The van der Waals surface area contributed by atoms with E-state index in [9.17, 15) is 4.79 Å². The van der Waals surface area contributed by atoms with Crippen LogP contribution in [0.1, 0.15) is 12.8 Å². The molecular formula is C15H22N4O4. The van der Waals surface area contributed by atoms with Crippen molar-refractivity contribution in [2.24, 2.45) is 0 Å². The van der Waals surface area contributed by atoms with Gasteiger partial charge in [0.1, 0.15) is 0 Å². The third-order valence-electron chi connectivity index (χ3n) is 4.13. The molecule has 1 aromatic rings. The van der Waals surface area contributed by atoms with Crippen molar-refractivity contribution < 1.29 is 19.0 Å². The zero-order valence-electron chi connectivity index (χ0n) is 13.5. The first-order valence-electron chi connectivity index (χ1n) is 7.83. The lowest BCUT2D eigenvalue weighted by atomic mass is 10.2. The summed E-state index contributed by atoms with van der Waals surface area (Å²) in [6.07, 6.45) is 1.67. The van der Waals surface area contributed by atoms with Gasteiger partial charge in [0.05, 0.1) is 33.4 Å². The maximum absolute atomic E-state index is 12.5. The number of aromatic nitrogens is 2. The molecule has 0 saturated carbocycles. The number of nitrogens with zero attached hydrogens (tertiary/aromatic N) is 4. The molecule has 0 N–H and O–H groups in total. The van der Waals surface area contributed by atoms with Crippen LogP contribution in [-0.2, 0) is 9.53 Å². The van der Waals surface area contributed by atoms with Gasteiger partial charge in [0.15, 0.2) is 6.10 Å². The lowest BCUT2D eigenvalue weighted by Crippen LogP contribution is -2.51. The van der Waals surface area contributed by atoms with Crippen molar-refractivity contribution in [3.05, 3.63) is 6.07 Å². The summed E-state index contributed by atoms with van der Waals surface area (Å²) in [6, 6.07) is 1.62. The Labute approximate surface area is 135 Å². The number of rotatable bonds is 4. The molecule has 1 aromatic heterocycles.